The van der Waals surface area contributed by atoms with Crippen LogP contribution in [0.3, 0.4) is 0 Å². The molecule has 0 radical (unpaired) electrons. The molecular formula is C10H9F3N4O2. The summed E-state index contributed by atoms with van der Waals surface area (Å²) in [5, 5.41) is 9.57. The first-order valence-electron chi connectivity index (χ1n) is 5.22. The summed E-state index contributed by atoms with van der Waals surface area (Å²) in [6.45, 7) is -1.12. The SMILES string of the molecule is O=C(NCc1ccon1)c1ccn(CC(F)(F)F)n1. The molecule has 6 nitrogen and oxygen atoms in total. The fourth-order valence-electron chi connectivity index (χ4n) is 1.34. The minimum Gasteiger partial charge on any atom is -0.364 e. The number of nitrogens with one attached hydrogen (secondary N) is 1. The van der Waals surface area contributed by atoms with E-state index in [1.54, 1.807) is 6.07 Å². The summed E-state index contributed by atoms with van der Waals surface area (Å²) in [6.07, 6.45) is -1.93. The summed E-state index contributed by atoms with van der Waals surface area (Å²) in [6, 6.07) is 2.77. The third kappa shape index (κ3) is 3.83. The topological polar surface area (TPSA) is 73.0 Å². The molecule has 2 rings (SSSR count). The number of rotatable bonds is 4. The van der Waals surface area contributed by atoms with Gasteiger partial charge >= 0.3 is 6.18 Å². The Labute approximate surface area is 105 Å². The zero-order valence-corrected chi connectivity index (χ0v) is 9.52. The minimum atomic E-state index is -4.37. The predicted molar refractivity (Wildman–Crippen MR) is 56.0 cm³/mol. The molecule has 1 amide bonds. The van der Waals surface area contributed by atoms with Gasteiger partial charge in [0.25, 0.3) is 5.91 Å². The molecule has 0 saturated carbocycles. The number of halogens is 3. The fraction of sp³-hybridized carbons (Fsp3) is 0.300. The molecule has 0 atom stereocenters. The van der Waals surface area contributed by atoms with Crippen LogP contribution in [0.2, 0.25) is 0 Å². The van der Waals surface area contributed by atoms with Crippen LogP contribution in [0.5, 0.6) is 0 Å². The van der Waals surface area contributed by atoms with E-state index in [2.05, 4.69) is 20.1 Å². The molecule has 19 heavy (non-hydrogen) atoms. The van der Waals surface area contributed by atoms with Crippen molar-refractivity contribution in [3.05, 3.63) is 36.0 Å². The summed E-state index contributed by atoms with van der Waals surface area (Å²) in [5.74, 6) is -0.580. The van der Waals surface area contributed by atoms with Gasteiger partial charge in [-0.2, -0.15) is 18.3 Å². The molecule has 102 valence electrons. The van der Waals surface area contributed by atoms with Crippen molar-refractivity contribution in [2.24, 2.45) is 0 Å². The van der Waals surface area contributed by atoms with Gasteiger partial charge in [-0.15, -0.1) is 0 Å². The number of carbonyl (C=O) groups excluding carboxylic acids is 1. The lowest BCUT2D eigenvalue weighted by Gasteiger charge is -2.05. The van der Waals surface area contributed by atoms with Gasteiger partial charge in [0.05, 0.1) is 6.54 Å². The monoisotopic (exact) mass is 274 g/mol. The summed E-state index contributed by atoms with van der Waals surface area (Å²) in [7, 11) is 0. The highest BCUT2D eigenvalue weighted by molar-refractivity contribution is 5.92. The van der Waals surface area contributed by atoms with Crippen LogP contribution in [0, 0.1) is 0 Å². The molecule has 0 aliphatic rings. The second-order valence-electron chi connectivity index (χ2n) is 3.69. The molecule has 0 aromatic carbocycles. The van der Waals surface area contributed by atoms with E-state index < -0.39 is 18.6 Å². The largest absolute Gasteiger partial charge is 0.408 e. The number of carbonyl (C=O) groups is 1. The van der Waals surface area contributed by atoms with Crippen LogP contribution in [-0.2, 0) is 13.1 Å². The number of nitrogens with zero attached hydrogens (tertiary/aromatic N) is 3. The van der Waals surface area contributed by atoms with E-state index in [-0.39, 0.29) is 12.2 Å². The van der Waals surface area contributed by atoms with Gasteiger partial charge in [-0.25, -0.2) is 0 Å². The third-order valence-electron chi connectivity index (χ3n) is 2.14. The number of hydrogen-bond acceptors (Lipinski definition) is 4. The molecule has 0 spiro atoms. The van der Waals surface area contributed by atoms with E-state index in [9.17, 15) is 18.0 Å². The molecule has 9 heteroatoms. The van der Waals surface area contributed by atoms with Crippen molar-refractivity contribution in [3.8, 4) is 0 Å². The van der Waals surface area contributed by atoms with Gasteiger partial charge in [0, 0.05) is 12.3 Å². The van der Waals surface area contributed by atoms with Crippen molar-refractivity contribution in [1.29, 1.82) is 0 Å². The van der Waals surface area contributed by atoms with Gasteiger partial charge in [-0.1, -0.05) is 5.16 Å². The lowest BCUT2D eigenvalue weighted by Crippen LogP contribution is -2.24. The van der Waals surface area contributed by atoms with Gasteiger partial charge in [-0.3, -0.25) is 9.48 Å². The highest BCUT2D eigenvalue weighted by Gasteiger charge is 2.28. The summed E-state index contributed by atoms with van der Waals surface area (Å²) in [5.41, 5.74) is 0.413. The quantitative estimate of drug-likeness (QED) is 0.913. The Bertz CT molecular complexity index is 547. The van der Waals surface area contributed by atoms with E-state index in [4.69, 9.17) is 0 Å². The predicted octanol–water partition coefficient (Wildman–Crippen LogP) is 1.36. The van der Waals surface area contributed by atoms with Crippen LogP contribution in [0.15, 0.2) is 29.1 Å². The number of alkyl halides is 3. The highest BCUT2D eigenvalue weighted by atomic mass is 19.4. The summed E-state index contributed by atoms with van der Waals surface area (Å²) >= 11 is 0. The second kappa shape index (κ2) is 5.12. The molecule has 0 aliphatic heterocycles. The molecule has 0 saturated heterocycles. The van der Waals surface area contributed by atoms with Crippen LogP contribution in [-0.4, -0.2) is 27.0 Å². The molecule has 0 unspecified atom stereocenters. The zero-order valence-electron chi connectivity index (χ0n) is 9.52. The molecule has 2 aromatic rings. The van der Waals surface area contributed by atoms with E-state index in [1.165, 1.54) is 12.3 Å². The van der Waals surface area contributed by atoms with Crippen molar-refractivity contribution in [1.82, 2.24) is 20.3 Å². The Balaban J connectivity index is 1.92. The lowest BCUT2D eigenvalue weighted by molar-refractivity contribution is -0.142. The van der Waals surface area contributed by atoms with Gasteiger partial charge in [-0.05, 0) is 6.07 Å². The van der Waals surface area contributed by atoms with Crippen LogP contribution in [0.25, 0.3) is 0 Å². The van der Waals surface area contributed by atoms with Crippen molar-refractivity contribution in [3.63, 3.8) is 0 Å². The molecule has 2 heterocycles. The van der Waals surface area contributed by atoms with Crippen molar-refractivity contribution in [2.45, 2.75) is 19.3 Å². The van der Waals surface area contributed by atoms with E-state index in [0.717, 1.165) is 6.20 Å². The van der Waals surface area contributed by atoms with Crippen molar-refractivity contribution in [2.75, 3.05) is 0 Å². The Morgan fingerprint density at radius 2 is 2.21 bits per heavy atom. The molecule has 2 aromatic heterocycles. The number of hydrogen-bond donors (Lipinski definition) is 1. The maximum atomic E-state index is 12.1. The van der Waals surface area contributed by atoms with Crippen LogP contribution in [0.4, 0.5) is 13.2 Å². The summed E-state index contributed by atoms with van der Waals surface area (Å²) in [4.78, 5) is 11.6. The first-order valence-corrected chi connectivity index (χ1v) is 5.22. The molecule has 0 bridgehead atoms. The van der Waals surface area contributed by atoms with Gasteiger partial charge in [0.1, 0.15) is 24.2 Å². The third-order valence-corrected chi connectivity index (χ3v) is 2.14. The average Bonchev–Trinajstić information content (AvgIpc) is 2.94. The second-order valence-corrected chi connectivity index (χ2v) is 3.69. The Morgan fingerprint density at radius 3 is 2.84 bits per heavy atom. The maximum absolute atomic E-state index is 12.1. The Kier molecular flexibility index (Phi) is 3.54. The van der Waals surface area contributed by atoms with Crippen LogP contribution < -0.4 is 5.32 Å². The molecule has 0 aliphatic carbocycles. The standard InChI is InChI=1S/C10H9F3N4O2/c11-10(12,13)6-17-3-1-8(15-17)9(18)14-5-7-2-4-19-16-7/h1-4H,5-6H2,(H,14,18). The van der Waals surface area contributed by atoms with E-state index >= 15 is 0 Å². The zero-order chi connectivity index (χ0) is 13.9. The average molecular weight is 274 g/mol. The van der Waals surface area contributed by atoms with E-state index in [1.807, 2.05) is 0 Å². The minimum absolute atomic E-state index is 0.0901. The summed E-state index contributed by atoms with van der Waals surface area (Å²) < 4.78 is 41.5. The Hall–Kier alpha value is -2.32. The van der Waals surface area contributed by atoms with Crippen LogP contribution in [0.1, 0.15) is 16.2 Å². The van der Waals surface area contributed by atoms with Gasteiger partial charge in [0.15, 0.2) is 0 Å². The van der Waals surface area contributed by atoms with Gasteiger partial charge < -0.3 is 9.84 Å². The highest BCUT2D eigenvalue weighted by Crippen LogP contribution is 2.16. The lowest BCUT2D eigenvalue weighted by atomic mass is 10.4. The Morgan fingerprint density at radius 1 is 1.42 bits per heavy atom. The number of amides is 1. The smallest absolute Gasteiger partial charge is 0.364 e. The number of aromatic nitrogens is 3. The van der Waals surface area contributed by atoms with Gasteiger partial charge in [0.2, 0.25) is 0 Å². The maximum Gasteiger partial charge on any atom is 0.408 e. The first-order chi connectivity index (χ1) is 8.94. The fourth-order valence-corrected chi connectivity index (χ4v) is 1.34. The molecular weight excluding hydrogens is 265 g/mol. The molecule has 0 fully saturated rings. The normalized spacial score (nSPS) is 11.5. The molecule has 1 N–H and O–H groups in total. The first kappa shape index (κ1) is 13.1. The van der Waals surface area contributed by atoms with Crippen LogP contribution >= 0.6 is 0 Å². The van der Waals surface area contributed by atoms with Crippen molar-refractivity contribution >= 4 is 5.91 Å². The van der Waals surface area contributed by atoms with E-state index in [0.29, 0.717) is 10.4 Å². The van der Waals surface area contributed by atoms with Crippen molar-refractivity contribution < 1.29 is 22.5 Å².